The predicted octanol–water partition coefficient (Wildman–Crippen LogP) is 3.13. The van der Waals surface area contributed by atoms with Gasteiger partial charge in [-0.15, -0.1) is 0 Å². The van der Waals surface area contributed by atoms with Gasteiger partial charge in [-0.25, -0.2) is 13.1 Å². The summed E-state index contributed by atoms with van der Waals surface area (Å²) in [5.74, 6) is 1.54. The number of hydrogen-bond acceptors (Lipinski definition) is 5. The highest BCUT2D eigenvalue weighted by Gasteiger charge is 2.19. The van der Waals surface area contributed by atoms with Gasteiger partial charge in [-0.2, -0.15) is 0 Å². The van der Waals surface area contributed by atoms with E-state index < -0.39 is 10.0 Å². The van der Waals surface area contributed by atoms with Crippen LogP contribution in [0.2, 0.25) is 0 Å². The maximum absolute atomic E-state index is 12.4. The number of rotatable bonds is 9. The van der Waals surface area contributed by atoms with E-state index in [9.17, 15) is 8.42 Å². The molecule has 0 aromatic heterocycles. The first kappa shape index (κ1) is 21.6. The predicted molar refractivity (Wildman–Crippen MR) is 114 cm³/mol. The molecule has 0 saturated carbocycles. The fourth-order valence-electron chi connectivity index (χ4n) is 3.67. The Kier molecular flexibility index (Phi) is 7.16. The van der Waals surface area contributed by atoms with E-state index in [0.29, 0.717) is 11.4 Å². The van der Waals surface area contributed by atoms with E-state index in [1.54, 1.807) is 32.4 Å². The zero-order valence-corrected chi connectivity index (χ0v) is 18.2. The Morgan fingerprint density at radius 3 is 2.45 bits per heavy atom. The summed E-state index contributed by atoms with van der Waals surface area (Å²) in [5.41, 5.74) is 3.52. The molecule has 0 amide bonds. The van der Waals surface area contributed by atoms with Crippen molar-refractivity contribution < 1.29 is 17.9 Å². The summed E-state index contributed by atoms with van der Waals surface area (Å²) >= 11 is 0. The molecule has 3 rings (SSSR count). The van der Waals surface area contributed by atoms with E-state index in [2.05, 4.69) is 21.8 Å². The van der Waals surface area contributed by atoms with Crippen molar-refractivity contribution in [2.24, 2.45) is 0 Å². The van der Waals surface area contributed by atoms with Gasteiger partial charge in [0.15, 0.2) is 11.5 Å². The Hall–Kier alpha value is -2.09. The summed E-state index contributed by atoms with van der Waals surface area (Å²) in [7, 11) is -0.117. The van der Waals surface area contributed by atoms with E-state index in [4.69, 9.17) is 9.47 Å². The lowest BCUT2D eigenvalue weighted by atomic mass is 9.98. The third-order valence-electron chi connectivity index (χ3n) is 5.29. The van der Waals surface area contributed by atoms with Crippen LogP contribution < -0.4 is 14.2 Å². The molecule has 0 saturated heterocycles. The van der Waals surface area contributed by atoms with Crippen LogP contribution in [0.25, 0.3) is 0 Å². The molecule has 1 N–H and O–H groups in total. The van der Waals surface area contributed by atoms with Crippen molar-refractivity contribution >= 4 is 10.0 Å². The summed E-state index contributed by atoms with van der Waals surface area (Å²) in [6.45, 7) is 5.16. The molecular weight excluding hydrogens is 388 g/mol. The molecule has 0 atom stereocenters. The molecule has 6 nitrogen and oxygen atoms in total. The lowest BCUT2D eigenvalue weighted by Crippen LogP contribution is -2.32. The zero-order valence-electron chi connectivity index (χ0n) is 17.4. The molecule has 0 spiro atoms. The first-order valence-corrected chi connectivity index (χ1v) is 11.4. The van der Waals surface area contributed by atoms with Gasteiger partial charge in [0.05, 0.1) is 19.1 Å². The maximum atomic E-state index is 12.4. The molecule has 2 aromatic rings. The Morgan fingerprint density at radius 1 is 1.03 bits per heavy atom. The minimum Gasteiger partial charge on any atom is -0.493 e. The van der Waals surface area contributed by atoms with E-state index in [1.165, 1.54) is 11.1 Å². The van der Waals surface area contributed by atoms with Crippen LogP contribution in [0.4, 0.5) is 0 Å². The molecule has 0 fully saturated rings. The van der Waals surface area contributed by atoms with Crippen molar-refractivity contribution in [3.05, 3.63) is 53.1 Å². The van der Waals surface area contributed by atoms with Crippen LogP contribution in [0.1, 0.15) is 29.5 Å². The first-order valence-electron chi connectivity index (χ1n) is 9.95. The standard InChI is InChI=1S/C22H30N2O4S/c1-17-7-6-8-20(13-17)29(25,26)23-10-4-5-11-24-12-9-18-14-21(27-2)22(28-3)15-19(18)16-24/h6-8,13-15,23H,4-5,9-12,16H2,1-3H3. The number of benzene rings is 2. The van der Waals surface area contributed by atoms with Crippen molar-refractivity contribution in [1.29, 1.82) is 0 Å². The van der Waals surface area contributed by atoms with Crippen LogP contribution in [0, 0.1) is 6.92 Å². The number of unbranched alkanes of at least 4 members (excludes halogenated alkanes) is 1. The molecule has 2 aromatic carbocycles. The van der Waals surface area contributed by atoms with Crippen LogP contribution >= 0.6 is 0 Å². The molecule has 1 aliphatic heterocycles. The number of fused-ring (bicyclic) bond motifs is 1. The number of nitrogens with zero attached hydrogens (tertiary/aromatic N) is 1. The fourth-order valence-corrected chi connectivity index (χ4v) is 4.84. The molecular formula is C22H30N2O4S. The molecule has 1 aliphatic rings. The van der Waals surface area contributed by atoms with Gasteiger partial charge in [-0.05, 0) is 73.7 Å². The number of hydrogen-bond donors (Lipinski definition) is 1. The topological polar surface area (TPSA) is 67.9 Å². The normalized spacial score (nSPS) is 14.4. The van der Waals surface area contributed by atoms with Crippen molar-refractivity contribution in [3.63, 3.8) is 0 Å². The summed E-state index contributed by atoms with van der Waals surface area (Å²) < 4.78 is 38.2. The number of nitrogens with one attached hydrogen (secondary N) is 1. The zero-order chi connectivity index (χ0) is 20.9. The van der Waals surface area contributed by atoms with Crippen LogP contribution in [-0.4, -0.2) is 47.2 Å². The van der Waals surface area contributed by atoms with E-state index in [1.807, 2.05) is 13.0 Å². The van der Waals surface area contributed by atoms with Gasteiger partial charge in [0.25, 0.3) is 0 Å². The van der Waals surface area contributed by atoms with Crippen molar-refractivity contribution in [1.82, 2.24) is 9.62 Å². The highest BCUT2D eigenvalue weighted by atomic mass is 32.2. The van der Waals surface area contributed by atoms with Gasteiger partial charge in [0.1, 0.15) is 0 Å². The highest BCUT2D eigenvalue weighted by molar-refractivity contribution is 7.89. The number of sulfonamides is 1. The molecule has 0 unspecified atom stereocenters. The Labute approximate surface area is 173 Å². The summed E-state index contributed by atoms with van der Waals surface area (Å²) in [6, 6.07) is 11.1. The number of aryl methyl sites for hydroxylation is 1. The molecule has 0 aliphatic carbocycles. The van der Waals surface area contributed by atoms with Crippen molar-refractivity contribution in [3.8, 4) is 11.5 Å². The molecule has 0 bridgehead atoms. The molecule has 1 heterocycles. The van der Waals surface area contributed by atoms with Crippen LogP contribution in [0.5, 0.6) is 11.5 Å². The molecule has 0 radical (unpaired) electrons. The second kappa shape index (κ2) is 9.61. The lowest BCUT2D eigenvalue weighted by molar-refractivity contribution is 0.248. The lowest BCUT2D eigenvalue weighted by Gasteiger charge is -2.29. The number of methoxy groups -OCH3 is 2. The molecule has 7 heteroatoms. The number of ether oxygens (including phenoxy) is 2. The van der Waals surface area contributed by atoms with Gasteiger partial charge in [-0.3, -0.25) is 4.90 Å². The third-order valence-corrected chi connectivity index (χ3v) is 6.75. The van der Waals surface area contributed by atoms with Gasteiger partial charge in [0.2, 0.25) is 10.0 Å². The van der Waals surface area contributed by atoms with Crippen molar-refractivity contribution in [2.45, 2.75) is 37.6 Å². The summed E-state index contributed by atoms with van der Waals surface area (Å²) in [5, 5.41) is 0. The Bertz CT molecular complexity index is 944. The quantitative estimate of drug-likeness (QED) is 0.634. The molecule has 158 valence electrons. The maximum Gasteiger partial charge on any atom is 0.240 e. The van der Waals surface area contributed by atoms with Crippen molar-refractivity contribution in [2.75, 3.05) is 33.9 Å². The molecule has 29 heavy (non-hydrogen) atoms. The smallest absolute Gasteiger partial charge is 0.240 e. The average molecular weight is 419 g/mol. The Balaban J connectivity index is 1.46. The fraction of sp³-hybridized carbons (Fsp3) is 0.455. The first-order chi connectivity index (χ1) is 13.9. The van der Waals surface area contributed by atoms with Crippen LogP contribution in [-0.2, 0) is 23.0 Å². The highest BCUT2D eigenvalue weighted by Crippen LogP contribution is 2.33. The van der Waals surface area contributed by atoms with E-state index in [0.717, 1.165) is 56.0 Å². The van der Waals surface area contributed by atoms with Crippen LogP contribution in [0.15, 0.2) is 41.3 Å². The SMILES string of the molecule is COc1cc2c(cc1OC)CN(CCCCNS(=O)(=O)c1cccc(C)c1)CC2. The largest absolute Gasteiger partial charge is 0.493 e. The summed E-state index contributed by atoms with van der Waals surface area (Å²) in [6.07, 6.45) is 2.73. The van der Waals surface area contributed by atoms with Gasteiger partial charge >= 0.3 is 0 Å². The third kappa shape index (κ3) is 5.50. The van der Waals surface area contributed by atoms with Gasteiger partial charge < -0.3 is 9.47 Å². The average Bonchev–Trinajstić information content (AvgIpc) is 2.72. The van der Waals surface area contributed by atoms with E-state index >= 15 is 0 Å². The minimum absolute atomic E-state index is 0.328. The van der Waals surface area contributed by atoms with Crippen LogP contribution in [0.3, 0.4) is 0 Å². The second-order valence-corrected chi connectivity index (χ2v) is 9.19. The second-order valence-electron chi connectivity index (χ2n) is 7.42. The van der Waals surface area contributed by atoms with Gasteiger partial charge in [0, 0.05) is 19.6 Å². The van der Waals surface area contributed by atoms with Gasteiger partial charge in [-0.1, -0.05) is 12.1 Å². The monoisotopic (exact) mass is 418 g/mol. The summed E-state index contributed by atoms with van der Waals surface area (Å²) in [4.78, 5) is 2.73. The minimum atomic E-state index is -3.43. The van der Waals surface area contributed by atoms with E-state index in [-0.39, 0.29) is 0 Å². The Morgan fingerprint density at radius 2 is 1.76 bits per heavy atom.